The maximum absolute atomic E-state index is 13.3. The van der Waals surface area contributed by atoms with Crippen LogP contribution in [0.3, 0.4) is 0 Å². The van der Waals surface area contributed by atoms with Gasteiger partial charge in [0.2, 0.25) is 10.0 Å². The van der Waals surface area contributed by atoms with Crippen LogP contribution in [0.25, 0.3) is 0 Å². The molecule has 0 aliphatic carbocycles. The van der Waals surface area contributed by atoms with Crippen molar-refractivity contribution in [3.8, 4) is 0 Å². The van der Waals surface area contributed by atoms with Gasteiger partial charge >= 0.3 is 6.09 Å². The van der Waals surface area contributed by atoms with E-state index in [1.165, 1.54) is 4.31 Å². The highest BCUT2D eigenvalue weighted by molar-refractivity contribution is 7.88. The number of cyclic esters (lactones) is 1. The molecule has 2 heterocycles. The van der Waals surface area contributed by atoms with Crippen LogP contribution >= 0.6 is 0 Å². The van der Waals surface area contributed by atoms with Gasteiger partial charge in [0.05, 0.1) is 11.8 Å². The lowest BCUT2D eigenvalue weighted by Gasteiger charge is -2.41. The molecule has 32 heavy (non-hydrogen) atoms. The summed E-state index contributed by atoms with van der Waals surface area (Å²) in [4.78, 5) is 14.6. The van der Waals surface area contributed by atoms with Gasteiger partial charge in [0.25, 0.3) is 0 Å². The van der Waals surface area contributed by atoms with Crippen molar-refractivity contribution in [2.45, 2.75) is 17.4 Å². The molecule has 3 aromatic rings. The summed E-state index contributed by atoms with van der Waals surface area (Å²) in [7, 11) is -3.57. The largest absolute Gasteiger partial charge is 0.431 e. The third-order valence-corrected chi connectivity index (χ3v) is 8.10. The molecule has 2 saturated heterocycles. The quantitative estimate of drug-likeness (QED) is 0.598. The van der Waals surface area contributed by atoms with E-state index >= 15 is 0 Å². The Bertz CT molecular complexity index is 1160. The number of sulfonamides is 1. The van der Waals surface area contributed by atoms with Gasteiger partial charge in [-0.25, -0.2) is 13.2 Å². The second kappa shape index (κ2) is 8.07. The van der Waals surface area contributed by atoms with Gasteiger partial charge in [0.1, 0.15) is 0 Å². The van der Waals surface area contributed by atoms with Crippen molar-refractivity contribution in [3.05, 3.63) is 108 Å². The summed E-state index contributed by atoms with van der Waals surface area (Å²) in [5.74, 6) is -0.0704. The maximum atomic E-state index is 13.3. The van der Waals surface area contributed by atoms with Gasteiger partial charge in [0, 0.05) is 30.8 Å². The summed E-state index contributed by atoms with van der Waals surface area (Å²) in [6.45, 7) is 0.712. The highest BCUT2D eigenvalue weighted by Gasteiger charge is 2.58. The van der Waals surface area contributed by atoms with E-state index in [-0.39, 0.29) is 18.8 Å². The SMILES string of the molecule is O=C1OC(c2ccccc2)(c2ccccc2)C2CN(S(=O)(=O)Cc3ccccc3)CCN12. The average Bonchev–Trinajstić information content (AvgIpc) is 3.13. The van der Waals surface area contributed by atoms with Crippen molar-refractivity contribution in [1.82, 2.24) is 9.21 Å². The number of nitrogens with zero attached hydrogens (tertiary/aromatic N) is 2. The second-order valence-corrected chi connectivity index (χ2v) is 10.1. The molecule has 1 atom stereocenters. The number of fused-ring (bicyclic) bond motifs is 1. The molecule has 7 heteroatoms. The molecule has 0 saturated carbocycles. The first-order valence-electron chi connectivity index (χ1n) is 10.6. The molecule has 0 N–H and O–H groups in total. The van der Waals surface area contributed by atoms with E-state index in [0.29, 0.717) is 6.54 Å². The lowest BCUT2D eigenvalue weighted by molar-refractivity contribution is 0.0579. The van der Waals surface area contributed by atoms with Crippen LogP contribution in [-0.2, 0) is 26.1 Å². The van der Waals surface area contributed by atoms with Crippen molar-refractivity contribution in [1.29, 1.82) is 0 Å². The van der Waals surface area contributed by atoms with E-state index in [4.69, 9.17) is 4.74 Å². The average molecular weight is 449 g/mol. The third kappa shape index (κ3) is 3.47. The molecule has 2 aliphatic rings. The molecule has 3 aromatic carbocycles. The van der Waals surface area contributed by atoms with Crippen LogP contribution < -0.4 is 0 Å². The van der Waals surface area contributed by atoms with E-state index in [2.05, 4.69) is 0 Å². The van der Waals surface area contributed by atoms with Crippen molar-refractivity contribution in [2.24, 2.45) is 0 Å². The van der Waals surface area contributed by atoms with E-state index in [1.807, 2.05) is 91.0 Å². The summed E-state index contributed by atoms with van der Waals surface area (Å²) >= 11 is 0. The lowest BCUT2D eigenvalue weighted by atomic mass is 9.79. The lowest BCUT2D eigenvalue weighted by Crippen LogP contribution is -2.58. The first-order chi connectivity index (χ1) is 15.5. The van der Waals surface area contributed by atoms with E-state index in [0.717, 1.165) is 16.7 Å². The summed E-state index contributed by atoms with van der Waals surface area (Å²) in [5, 5.41) is 0. The Morgan fingerprint density at radius 3 is 1.91 bits per heavy atom. The maximum Gasteiger partial charge on any atom is 0.411 e. The van der Waals surface area contributed by atoms with Crippen LogP contribution in [0.4, 0.5) is 4.79 Å². The van der Waals surface area contributed by atoms with Crippen LogP contribution in [0, 0.1) is 0 Å². The molecule has 0 aromatic heterocycles. The fourth-order valence-electron chi connectivity index (χ4n) is 4.76. The highest BCUT2D eigenvalue weighted by atomic mass is 32.2. The molecule has 2 fully saturated rings. The third-order valence-electron chi connectivity index (χ3n) is 6.29. The fourth-order valence-corrected chi connectivity index (χ4v) is 6.28. The summed E-state index contributed by atoms with van der Waals surface area (Å²) < 4.78 is 34.2. The zero-order valence-corrected chi connectivity index (χ0v) is 18.3. The Morgan fingerprint density at radius 1 is 0.812 bits per heavy atom. The smallest absolute Gasteiger partial charge is 0.411 e. The molecule has 5 rings (SSSR count). The molecule has 1 unspecified atom stereocenters. The van der Waals surface area contributed by atoms with Gasteiger partial charge in [-0.2, -0.15) is 4.31 Å². The van der Waals surface area contributed by atoms with Gasteiger partial charge in [-0.05, 0) is 5.56 Å². The number of hydrogen-bond acceptors (Lipinski definition) is 4. The van der Waals surface area contributed by atoms with Crippen molar-refractivity contribution >= 4 is 16.1 Å². The van der Waals surface area contributed by atoms with Crippen LogP contribution in [0.15, 0.2) is 91.0 Å². The van der Waals surface area contributed by atoms with Crippen LogP contribution in [0.5, 0.6) is 0 Å². The molecule has 0 spiro atoms. The molecule has 1 amide bonds. The number of carbonyl (C=O) groups is 1. The van der Waals surface area contributed by atoms with Gasteiger partial charge in [-0.3, -0.25) is 4.90 Å². The summed E-state index contributed by atoms with van der Waals surface area (Å²) in [6, 6.07) is 27.9. The number of amides is 1. The Kier molecular flexibility index (Phi) is 5.23. The van der Waals surface area contributed by atoms with Crippen LogP contribution in [0.1, 0.15) is 16.7 Å². The minimum Gasteiger partial charge on any atom is -0.431 e. The van der Waals surface area contributed by atoms with Crippen LogP contribution in [-0.4, -0.2) is 49.4 Å². The Hall–Kier alpha value is -3.16. The summed E-state index contributed by atoms with van der Waals surface area (Å²) in [5.41, 5.74) is 1.32. The number of ether oxygens (including phenoxy) is 1. The molecule has 6 nitrogen and oxygen atoms in total. The molecular formula is C25H24N2O4S. The molecule has 0 bridgehead atoms. The number of piperazine rings is 1. The molecular weight excluding hydrogens is 424 g/mol. The Morgan fingerprint density at radius 2 is 1.34 bits per heavy atom. The van der Waals surface area contributed by atoms with E-state index in [1.54, 1.807) is 4.90 Å². The van der Waals surface area contributed by atoms with E-state index < -0.39 is 27.8 Å². The minimum atomic E-state index is -3.57. The molecule has 2 aliphatic heterocycles. The van der Waals surface area contributed by atoms with Gasteiger partial charge in [-0.15, -0.1) is 0 Å². The predicted molar refractivity (Wildman–Crippen MR) is 121 cm³/mol. The number of benzene rings is 3. The number of hydrogen-bond donors (Lipinski definition) is 0. The summed E-state index contributed by atoms with van der Waals surface area (Å²) in [6.07, 6.45) is -0.414. The zero-order chi connectivity index (χ0) is 22.2. The van der Waals surface area contributed by atoms with Crippen molar-refractivity contribution in [3.63, 3.8) is 0 Å². The standard InChI is InChI=1S/C25H24N2O4S/c28-24-27-17-16-26(32(29,30)19-20-10-4-1-5-11-20)18-23(27)25(31-24,21-12-6-2-7-13-21)22-14-8-3-9-15-22/h1-15,23H,16-19H2. The monoisotopic (exact) mass is 448 g/mol. The van der Waals surface area contributed by atoms with Gasteiger partial charge < -0.3 is 4.74 Å². The predicted octanol–water partition coefficient (Wildman–Crippen LogP) is 3.60. The zero-order valence-electron chi connectivity index (χ0n) is 17.5. The van der Waals surface area contributed by atoms with Crippen molar-refractivity contribution in [2.75, 3.05) is 19.6 Å². The molecule has 0 radical (unpaired) electrons. The number of carbonyl (C=O) groups excluding carboxylic acids is 1. The van der Waals surface area contributed by atoms with E-state index in [9.17, 15) is 13.2 Å². The number of rotatable bonds is 5. The van der Waals surface area contributed by atoms with Crippen molar-refractivity contribution < 1.29 is 17.9 Å². The topological polar surface area (TPSA) is 66.9 Å². The fraction of sp³-hybridized carbons (Fsp3) is 0.240. The highest BCUT2D eigenvalue weighted by Crippen LogP contribution is 2.46. The Labute approximate surface area is 188 Å². The van der Waals surface area contributed by atoms with Crippen LogP contribution in [0.2, 0.25) is 0 Å². The van der Waals surface area contributed by atoms with Gasteiger partial charge in [0.15, 0.2) is 5.60 Å². The second-order valence-electron chi connectivity index (χ2n) is 8.14. The molecule has 164 valence electrons. The van der Waals surface area contributed by atoms with Gasteiger partial charge in [-0.1, -0.05) is 91.0 Å². The first-order valence-corrected chi connectivity index (χ1v) is 12.2. The Balaban J connectivity index is 1.55. The minimum absolute atomic E-state index is 0.0704. The first kappa shape index (κ1) is 20.7. The normalized spacial score (nSPS) is 20.6.